The summed E-state index contributed by atoms with van der Waals surface area (Å²) in [5.41, 5.74) is 6.64. The Hall–Kier alpha value is -0.580. The van der Waals surface area contributed by atoms with Crippen molar-refractivity contribution >= 4 is 34.2 Å². The molecule has 0 spiro atoms. The minimum atomic E-state index is 0. The average molecular weight is 348 g/mol. The third-order valence-electron chi connectivity index (χ3n) is 3.14. The van der Waals surface area contributed by atoms with E-state index in [1.165, 1.54) is 5.56 Å². The Bertz CT molecular complexity index is 424. The van der Waals surface area contributed by atoms with Crippen LogP contribution in [0.2, 0.25) is 0 Å². The number of nitrogens with zero attached hydrogens (tertiary/aromatic N) is 1. The van der Waals surface area contributed by atoms with Crippen molar-refractivity contribution in [1.82, 2.24) is 4.90 Å². The van der Waals surface area contributed by atoms with Gasteiger partial charge in [0.15, 0.2) is 0 Å². The van der Waals surface area contributed by atoms with Gasteiger partial charge >= 0.3 is 0 Å². The number of halogens is 2. The highest BCUT2D eigenvalue weighted by molar-refractivity contribution is 9.10. The topological polar surface area (TPSA) is 46.3 Å². The summed E-state index contributed by atoms with van der Waals surface area (Å²) in [5.74, 6) is 0.239. The number of amides is 1. The molecule has 1 aromatic rings. The number of rotatable bonds is 6. The molecule has 5 heteroatoms. The van der Waals surface area contributed by atoms with E-state index in [4.69, 9.17) is 5.73 Å². The van der Waals surface area contributed by atoms with Crippen LogP contribution in [0.15, 0.2) is 28.7 Å². The summed E-state index contributed by atoms with van der Waals surface area (Å²) in [4.78, 5) is 14.1. The predicted molar refractivity (Wildman–Crippen MR) is 83.3 cm³/mol. The van der Waals surface area contributed by atoms with Crippen molar-refractivity contribution in [3.05, 3.63) is 34.3 Å². The van der Waals surface area contributed by atoms with Crippen LogP contribution in [-0.2, 0) is 11.3 Å². The molecule has 1 amide bonds. The summed E-state index contributed by atoms with van der Waals surface area (Å²) < 4.78 is 1.06. The second kappa shape index (κ2) is 7.88. The number of carbonyl (C=O) groups is 1. The van der Waals surface area contributed by atoms with Crippen LogP contribution >= 0.6 is 28.3 Å². The van der Waals surface area contributed by atoms with Gasteiger partial charge in [0, 0.05) is 23.5 Å². The maximum atomic E-state index is 12.1. The third-order valence-corrected chi connectivity index (χ3v) is 3.64. The van der Waals surface area contributed by atoms with Gasteiger partial charge in [0.1, 0.15) is 0 Å². The van der Waals surface area contributed by atoms with E-state index in [1.807, 2.05) is 17.0 Å². The lowest BCUT2D eigenvalue weighted by Crippen LogP contribution is -2.32. The molecule has 1 aromatic carbocycles. The van der Waals surface area contributed by atoms with Gasteiger partial charge in [0.05, 0.1) is 0 Å². The zero-order valence-electron chi connectivity index (χ0n) is 10.8. The summed E-state index contributed by atoms with van der Waals surface area (Å²) in [6.45, 7) is 1.30. The molecular formula is C14H20BrClN2O. The molecule has 0 unspecified atom stereocenters. The largest absolute Gasteiger partial charge is 0.335 e. The highest BCUT2D eigenvalue weighted by Crippen LogP contribution is 2.29. The number of benzene rings is 1. The van der Waals surface area contributed by atoms with Crippen molar-refractivity contribution in [2.45, 2.75) is 38.3 Å². The maximum Gasteiger partial charge on any atom is 0.223 e. The molecule has 106 valence electrons. The zero-order valence-corrected chi connectivity index (χ0v) is 13.3. The molecule has 0 bridgehead atoms. The van der Waals surface area contributed by atoms with E-state index in [9.17, 15) is 4.79 Å². The van der Waals surface area contributed by atoms with E-state index < -0.39 is 0 Å². The van der Waals surface area contributed by atoms with Crippen molar-refractivity contribution in [3.63, 3.8) is 0 Å². The number of carbonyl (C=O) groups excluding carboxylic acids is 1. The van der Waals surface area contributed by atoms with Crippen LogP contribution in [0.4, 0.5) is 0 Å². The Morgan fingerprint density at radius 1 is 1.42 bits per heavy atom. The molecule has 1 saturated carbocycles. The van der Waals surface area contributed by atoms with Crippen LogP contribution in [0.25, 0.3) is 0 Å². The summed E-state index contributed by atoms with van der Waals surface area (Å²) in [7, 11) is 0. The van der Waals surface area contributed by atoms with Crippen LogP contribution in [0, 0.1) is 0 Å². The standard InChI is InChI=1S/C14H19BrN2O.ClH/c15-12-4-1-3-11(9-12)10-17(13-6-7-13)14(18)5-2-8-16;/h1,3-4,9,13H,2,5-8,10,16H2;1H. The molecule has 2 N–H and O–H groups in total. The smallest absolute Gasteiger partial charge is 0.223 e. The Morgan fingerprint density at radius 3 is 2.74 bits per heavy atom. The fourth-order valence-electron chi connectivity index (χ4n) is 2.04. The third kappa shape index (κ3) is 5.13. The predicted octanol–water partition coefficient (Wildman–Crippen LogP) is 3.10. The first-order valence-corrected chi connectivity index (χ1v) is 7.24. The van der Waals surface area contributed by atoms with E-state index in [-0.39, 0.29) is 18.3 Å². The SMILES string of the molecule is Cl.NCCCC(=O)N(Cc1cccc(Br)c1)C1CC1. The lowest BCUT2D eigenvalue weighted by atomic mass is 10.2. The summed E-state index contributed by atoms with van der Waals surface area (Å²) in [6, 6.07) is 8.60. The van der Waals surface area contributed by atoms with Gasteiger partial charge in [0.2, 0.25) is 5.91 Å². The van der Waals surface area contributed by atoms with Crippen LogP contribution in [-0.4, -0.2) is 23.4 Å². The highest BCUT2D eigenvalue weighted by atomic mass is 79.9. The molecule has 1 aliphatic rings. The van der Waals surface area contributed by atoms with Crippen molar-refractivity contribution in [2.24, 2.45) is 5.73 Å². The van der Waals surface area contributed by atoms with E-state index >= 15 is 0 Å². The Morgan fingerprint density at radius 2 is 2.16 bits per heavy atom. The van der Waals surface area contributed by atoms with Gasteiger partial charge in [-0.3, -0.25) is 4.79 Å². The first-order valence-electron chi connectivity index (χ1n) is 6.44. The highest BCUT2D eigenvalue weighted by Gasteiger charge is 2.31. The van der Waals surface area contributed by atoms with Gasteiger partial charge in [-0.25, -0.2) is 0 Å². The molecule has 2 rings (SSSR count). The van der Waals surface area contributed by atoms with E-state index in [0.29, 0.717) is 25.6 Å². The lowest BCUT2D eigenvalue weighted by molar-refractivity contribution is -0.132. The fraction of sp³-hybridized carbons (Fsp3) is 0.500. The number of nitrogens with two attached hydrogens (primary N) is 1. The van der Waals surface area contributed by atoms with Crippen molar-refractivity contribution < 1.29 is 4.79 Å². The number of hydrogen-bond donors (Lipinski definition) is 1. The quantitative estimate of drug-likeness (QED) is 0.859. The zero-order chi connectivity index (χ0) is 13.0. The first kappa shape index (κ1) is 16.5. The molecule has 19 heavy (non-hydrogen) atoms. The summed E-state index contributed by atoms with van der Waals surface area (Å²) in [6.07, 6.45) is 3.63. The molecule has 1 aliphatic carbocycles. The average Bonchev–Trinajstić information content (AvgIpc) is 3.17. The summed E-state index contributed by atoms with van der Waals surface area (Å²) in [5, 5.41) is 0. The van der Waals surface area contributed by atoms with Gasteiger partial charge in [-0.05, 0) is 43.5 Å². The molecule has 1 fully saturated rings. The molecule has 0 aromatic heterocycles. The monoisotopic (exact) mass is 346 g/mol. The molecule has 0 heterocycles. The van der Waals surface area contributed by atoms with Crippen LogP contribution < -0.4 is 5.73 Å². The molecule has 3 nitrogen and oxygen atoms in total. The Labute approximate surface area is 129 Å². The number of hydrogen-bond acceptors (Lipinski definition) is 2. The van der Waals surface area contributed by atoms with Gasteiger partial charge in [0.25, 0.3) is 0 Å². The van der Waals surface area contributed by atoms with E-state index in [0.717, 1.165) is 23.7 Å². The van der Waals surface area contributed by atoms with Crippen LogP contribution in [0.1, 0.15) is 31.2 Å². The Kier molecular flexibility index (Phi) is 6.83. The lowest BCUT2D eigenvalue weighted by Gasteiger charge is -2.22. The van der Waals surface area contributed by atoms with Gasteiger partial charge < -0.3 is 10.6 Å². The van der Waals surface area contributed by atoms with Gasteiger partial charge in [-0.1, -0.05) is 28.1 Å². The minimum Gasteiger partial charge on any atom is -0.335 e. The second-order valence-electron chi connectivity index (χ2n) is 4.77. The van der Waals surface area contributed by atoms with Crippen molar-refractivity contribution in [3.8, 4) is 0 Å². The summed E-state index contributed by atoms with van der Waals surface area (Å²) >= 11 is 3.46. The van der Waals surface area contributed by atoms with E-state index in [2.05, 4.69) is 28.1 Å². The van der Waals surface area contributed by atoms with Gasteiger partial charge in [-0.2, -0.15) is 0 Å². The van der Waals surface area contributed by atoms with Crippen molar-refractivity contribution in [2.75, 3.05) is 6.54 Å². The molecule has 0 saturated heterocycles. The first-order chi connectivity index (χ1) is 8.70. The minimum absolute atomic E-state index is 0. The molecular weight excluding hydrogens is 328 g/mol. The second-order valence-corrected chi connectivity index (χ2v) is 5.69. The van der Waals surface area contributed by atoms with Gasteiger partial charge in [-0.15, -0.1) is 12.4 Å². The molecule has 0 aliphatic heterocycles. The Balaban J connectivity index is 0.00000180. The van der Waals surface area contributed by atoms with Crippen LogP contribution in [0.5, 0.6) is 0 Å². The van der Waals surface area contributed by atoms with E-state index in [1.54, 1.807) is 0 Å². The normalized spacial score (nSPS) is 13.8. The molecule has 0 radical (unpaired) electrons. The van der Waals surface area contributed by atoms with Crippen molar-refractivity contribution in [1.29, 1.82) is 0 Å². The fourth-order valence-corrected chi connectivity index (χ4v) is 2.48. The van der Waals surface area contributed by atoms with Crippen LogP contribution in [0.3, 0.4) is 0 Å². The molecule has 0 atom stereocenters. The maximum absolute atomic E-state index is 12.1.